The maximum atomic E-state index is 12.5. The third kappa shape index (κ3) is 3.80. The maximum Gasteiger partial charge on any atom is 0.222 e. The molecule has 5 nitrogen and oxygen atoms in total. The summed E-state index contributed by atoms with van der Waals surface area (Å²) >= 11 is 1.79. The lowest BCUT2D eigenvalue weighted by Gasteiger charge is -2.47. The summed E-state index contributed by atoms with van der Waals surface area (Å²) in [6.07, 6.45) is 5.77. The van der Waals surface area contributed by atoms with Gasteiger partial charge in [0.25, 0.3) is 0 Å². The van der Waals surface area contributed by atoms with Crippen molar-refractivity contribution < 1.29 is 4.79 Å². The molecule has 2 saturated heterocycles. The number of aromatic amines is 1. The second-order valence-electron chi connectivity index (χ2n) is 7.30. The molecule has 4 heterocycles. The van der Waals surface area contributed by atoms with Gasteiger partial charge in [0.05, 0.1) is 0 Å². The molecule has 0 saturated carbocycles. The molecule has 134 valence electrons. The molecule has 2 fully saturated rings. The summed E-state index contributed by atoms with van der Waals surface area (Å²) in [6.45, 7) is 5.95. The van der Waals surface area contributed by atoms with Crippen molar-refractivity contribution in [3.8, 4) is 0 Å². The van der Waals surface area contributed by atoms with E-state index in [9.17, 15) is 4.79 Å². The Kier molecular flexibility index (Phi) is 4.90. The first-order chi connectivity index (χ1) is 12.2. The SMILES string of the molecule is Cc1ncc(CN2CC[C@@H]3[C@@H](CCC(=O)N3CCc3cccs3)C2)[nH]1. The summed E-state index contributed by atoms with van der Waals surface area (Å²) in [5, 5.41) is 2.12. The highest BCUT2D eigenvalue weighted by Crippen LogP contribution is 2.32. The van der Waals surface area contributed by atoms with Crippen molar-refractivity contribution in [2.24, 2.45) is 5.92 Å². The number of hydrogen-bond acceptors (Lipinski definition) is 4. The lowest BCUT2D eigenvalue weighted by atomic mass is 9.83. The molecule has 0 radical (unpaired) electrons. The molecule has 25 heavy (non-hydrogen) atoms. The molecule has 2 atom stereocenters. The van der Waals surface area contributed by atoms with Crippen molar-refractivity contribution in [1.82, 2.24) is 19.8 Å². The van der Waals surface area contributed by atoms with Gasteiger partial charge in [0, 0.05) is 55.4 Å². The first-order valence-corrected chi connectivity index (χ1v) is 10.1. The van der Waals surface area contributed by atoms with Crippen LogP contribution in [0.1, 0.15) is 35.7 Å². The van der Waals surface area contributed by atoms with Gasteiger partial charge in [0.2, 0.25) is 5.91 Å². The summed E-state index contributed by atoms with van der Waals surface area (Å²) in [6, 6.07) is 4.70. The van der Waals surface area contributed by atoms with Crippen molar-refractivity contribution in [3.63, 3.8) is 0 Å². The normalized spacial score (nSPS) is 24.5. The van der Waals surface area contributed by atoms with Crippen LogP contribution in [0.15, 0.2) is 23.7 Å². The Morgan fingerprint density at radius 2 is 2.32 bits per heavy atom. The van der Waals surface area contributed by atoms with Crippen LogP contribution in [0.25, 0.3) is 0 Å². The number of nitrogens with one attached hydrogen (secondary N) is 1. The molecule has 2 aromatic heterocycles. The van der Waals surface area contributed by atoms with E-state index in [-0.39, 0.29) is 0 Å². The van der Waals surface area contributed by atoms with E-state index in [0.29, 0.717) is 24.3 Å². The van der Waals surface area contributed by atoms with Gasteiger partial charge in [-0.25, -0.2) is 4.98 Å². The molecule has 0 spiro atoms. The van der Waals surface area contributed by atoms with E-state index < -0.39 is 0 Å². The molecule has 4 rings (SSSR count). The molecule has 1 N–H and O–H groups in total. The second kappa shape index (κ2) is 7.30. The Morgan fingerprint density at radius 1 is 1.40 bits per heavy atom. The number of aromatic nitrogens is 2. The minimum absolute atomic E-state index is 0.357. The Labute approximate surface area is 153 Å². The van der Waals surface area contributed by atoms with Crippen LogP contribution in [0.5, 0.6) is 0 Å². The van der Waals surface area contributed by atoms with Crippen molar-refractivity contribution in [3.05, 3.63) is 40.1 Å². The molecule has 0 aromatic carbocycles. The Balaban J connectivity index is 1.37. The standard InChI is InChI=1S/C19H26N4OS/c1-14-20-11-16(21-14)13-22-8-7-18-15(12-22)4-5-19(24)23(18)9-6-17-3-2-10-25-17/h2-3,10-11,15,18H,4-9,12-13H2,1H3,(H,20,21)/t15-,18+/m0/s1. The zero-order chi connectivity index (χ0) is 17.2. The van der Waals surface area contributed by atoms with Gasteiger partial charge < -0.3 is 9.88 Å². The predicted molar refractivity (Wildman–Crippen MR) is 99.5 cm³/mol. The third-order valence-electron chi connectivity index (χ3n) is 5.56. The Morgan fingerprint density at radius 3 is 3.08 bits per heavy atom. The number of likely N-dealkylation sites (tertiary alicyclic amines) is 2. The molecular weight excluding hydrogens is 332 g/mol. The van der Waals surface area contributed by atoms with E-state index in [1.165, 1.54) is 10.6 Å². The molecule has 2 aromatic rings. The van der Waals surface area contributed by atoms with Gasteiger partial charge in [-0.2, -0.15) is 0 Å². The van der Waals surface area contributed by atoms with Crippen LogP contribution < -0.4 is 0 Å². The number of thiophene rings is 1. The molecule has 6 heteroatoms. The quantitative estimate of drug-likeness (QED) is 0.894. The summed E-state index contributed by atoms with van der Waals surface area (Å²) < 4.78 is 0. The zero-order valence-electron chi connectivity index (χ0n) is 14.8. The van der Waals surface area contributed by atoms with Crippen LogP contribution in [0.3, 0.4) is 0 Å². The summed E-state index contributed by atoms with van der Waals surface area (Å²) in [5.41, 5.74) is 1.19. The summed E-state index contributed by atoms with van der Waals surface area (Å²) in [7, 11) is 0. The van der Waals surface area contributed by atoms with Gasteiger partial charge in [-0.3, -0.25) is 9.69 Å². The largest absolute Gasteiger partial charge is 0.345 e. The Bertz CT molecular complexity index is 711. The minimum Gasteiger partial charge on any atom is -0.345 e. The fourth-order valence-corrected chi connectivity index (χ4v) is 5.04. The van der Waals surface area contributed by atoms with Crippen LogP contribution in [0.4, 0.5) is 0 Å². The highest BCUT2D eigenvalue weighted by Gasteiger charge is 2.38. The lowest BCUT2D eigenvalue weighted by Crippen LogP contribution is -2.56. The van der Waals surface area contributed by atoms with E-state index in [1.807, 2.05) is 13.1 Å². The molecular formula is C19H26N4OS. The number of carbonyl (C=O) groups excluding carboxylic acids is 1. The van der Waals surface area contributed by atoms with Crippen LogP contribution in [0.2, 0.25) is 0 Å². The molecule has 2 aliphatic rings. The second-order valence-corrected chi connectivity index (χ2v) is 8.33. The number of rotatable bonds is 5. The average Bonchev–Trinajstić information content (AvgIpc) is 3.26. The number of H-pyrrole nitrogens is 1. The number of piperidine rings is 2. The predicted octanol–water partition coefficient (Wildman–Crippen LogP) is 2.84. The van der Waals surface area contributed by atoms with Gasteiger partial charge in [0.15, 0.2) is 0 Å². The number of aryl methyl sites for hydroxylation is 1. The summed E-state index contributed by atoms with van der Waals surface area (Å²) in [5.74, 6) is 1.95. The molecule has 0 aliphatic carbocycles. The van der Waals surface area contributed by atoms with E-state index in [2.05, 4.69) is 37.3 Å². The highest BCUT2D eigenvalue weighted by atomic mass is 32.1. The molecule has 0 bridgehead atoms. The van der Waals surface area contributed by atoms with E-state index in [1.54, 1.807) is 11.3 Å². The number of fused-ring (bicyclic) bond motifs is 1. The van der Waals surface area contributed by atoms with Gasteiger partial charge >= 0.3 is 0 Å². The van der Waals surface area contributed by atoms with Crippen molar-refractivity contribution in [1.29, 1.82) is 0 Å². The van der Waals surface area contributed by atoms with E-state index in [4.69, 9.17) is 0 Å². The molecule has 1 amide bonds. The topological polar surface area (TPSA) is 52.2 Å². The first kappa shape index (κ1) is 16.8. The number of hydrogen-bond donors (Lipinski definition) is 1. The van der Waals surface area contributed by atoms with E-state index in [0.717, 1.165) is 51.3 Å². The van der Waals surface area contributed by atoms with Crippen molar-refractivity contribution in [2.75, 3.05) is 19.6 Å². The monoisotopic (exact) mass is 358 g/mol. The number of amides is 1. The maximum absolute atomic E-state index is 12.5. The van der Waals surface area contributed by atoms with Gasteiger partial charge in [0.1, 0.15) is 5.82 Å². The minimum atomic E-state index is 0.357. The number of nitrogens with zero attached hydrogens (tertiary/aromatic N) is 3. The van der Waals surface area contributed by atoms with Crippen LogP contribution in [-0.2, 0) is 17.8 Å². The lowest BCUT2D eigenvalue weighted by molar-refractivity contribution is -0.141. The average molecular weight is 359 g/mol. The highest BCUT2D eigenvalue weighted by molar-refractivity contribution is 7.09. The summed E-state index contributed by atoms with van der Waals surface area (Å²) in [4.78, 5) is 26.2. The smallest absolute Gasteiger partial charge is 0.222 e. The van der Waals surface area contributed by atoms with Gasteiger partial charge in [-0.1, -0.05) is 6.07 Å². The van der Waals surface area contributed by atoms with E-state index >= 15 is 0 Å². The number of imidazole rings is 1. The van der Waals surface area contributed by atoms with Crippen LogP contribution in [-0.4, -0.2) is 51.4 Å². The molecule has 2 aliphatic heterocycles. The van der Waals surface area contributed by atoms with Gasteiger partial charge in [-0.05, 0) is 43.6 Å². The Hall–Kier alpha value is -1.66. The zero-order valence-corrected chi connectivity index (χ0v) is 15.6. The fourth-order valence-electron chi connectivity index (χ4n) is 4.34. The van der Waals surface area contributed by atoms with Gasteiger partial charge in [-0.15, -0.1) is 11.3 Å². The van der Waals surface area contributed by atoms with Crippen molar-refractivity contribution in [2.45, 2.75) is 45.2 Å². The van der Waals surface area contributed by atoms with Crippen LogP contribution in [0, 0.1) is 12.8 Å². The van der Waals surface area contributed by atoms with Crippen molar-refractivity contribution >= 4 is 17.2 Å². The number of carbonyl (C=O) groups is 1. The third-order valence-corrected chi connectivity index (χ3v) is 6.49. The van der Waals surface area contributed by atoms with Crippen LogP contribution >= 0.6 is 11.3 Å². The molecule has 0 unspecified atom stereocenters. The fraction of sp³-hybridized carbons (Fsp3) is 0.579. The first-order valence-electron chi connectivity index (χ1n) is 9.24.